The molecule has 3 nitrogen and oxygen atoms in total. The Morgan fingerprint density at radius 3 is 2.26 bits per heavy atom. The molecule has 0 atom stereocenters. The second-order valence-corrected chi connectivity index (χ2v) is 7.19. The van der Waals surface area contributed by atoms with Crippen molar-refractivity contribution in [2.75, 3.05) is 0 Å². The monoisotopic (exact) mass is 375 g/mol. The predicted octanol–water partition coefficient (Wildman–Crippen LogP) is 6.12. The van der Waals surface area contributed by atoms with Crippen molar-refractivity contribution in [2.45, 2.75) is 45.7 Å². The van der Waals surface area contributed by atoms with E-state index in [1.54, 1.807) is 0 Å². The third-order valence-corrected chi connectivity index (χ3v) is 4.55. The number of alkyl halides is 3. The zero-order chi connectivity index (χ0) is 19.9. The standard InChI is InChI=1S/C21H20F3NO2/c1-11(2)13-5-7-15(17(9-13)12(3)4)19-25-18-10-14(21(22,23)24)6-8-16(18)20(26)27-19/h5-12H,1-4H3. The van der Waals surface area contributed by atoms with Gasteiger partial charge in [0, 0.05) is 5.56 Å². The van der Waals surface area contributed by atoms with Gasteiger partial charge in [-0.15, -0.1) is 0 Å². The second-order valence-electron chi connectivity index (χ2n) is 7.19. The minimum atomic E-state index is -4.51. The molecule has 0 N–H and O–H groups in total. The molecule has 1 heterocycles. The van der Waals surface area contributed by atoms with E-state index in [4.69, 9.17) is 4.42 Å². The third-order valence-electron chi connectivity index (χ3n) is 4.55. The maximum absolute atomic E-state index is 13.0. The molecular formula is C21H20F3NO2. The van der Waals surface area contributed by atoms with E-state index in [9.17, 15) is 18.0 Å². The van der Waals surface area contributed by atoms with Crippen LogP contribution < -0.4 is 5.63 Å². The highest BCUT2D eigenvalue weighted by Gasteiger charge is 2.31. The minimum Gasteiger partial charge on any atom is -0.403 e. The number of fused-ring (bicyclic) bond motifs is 1. The molecule has 0 fully saturated rings. The van der Waals surface area contributed by atoms with E-state index < -0.39 is 17.4 Å². The Bertz CT molecular complexity index is 1050. The summed E-state index contributed by atoms with van der Waals surface area (Å²) in [4.78, 5) is 16.5. The summed E-state index contributed by atoms with van der Waals surface area (Å²) < 4.78 is 44.3. The van der Waals surface area contributed by atoms with Crippen molar-refractivity contribution >= 4 is 10.9 Å². The first-order valence-electron chi connectivity index (χ1n) is 8.74. The predicted molar refractivity (Wildman–Crippen MR) is 98.9 cm³/mol. The molecule has 0 saturated heterocycles. The molecule has 0 unspecified atom stereocenters. The lowest BCUT2D eigenvalue weighted by Crippen LogP contribution is -2.08. The van der Waals surface area contributed by atoms with Gasteiger partial charge in [0.05, 0.1) is 16.5 Å². The summed E-state index contributed by atoms with van der Waals surface area (Å²) in [6, 6.07) is 8.61. The van der Waals surface area contributed by atoms with Crippen LogP contribution in [0.15, 0.2) is 45.6 Å². The Labute approximate surface area is 154 Å². The summed E-state index contributed by atoms with van der Waals surface area (Å²) in [5, 5.41) is 0.0247. The summed E-state index contributed by atoms with van der Waals surface area (Å²) >= 11 is 0. The van der Waals surface area contributed by atoms with E-state index in [0.29, 0.717) is 11.5 Å². The van der Waals surface area contributed by atoms with Gasteiger partial charge in [-0.25, -0.2) is 9.78 Å². The Morgan fingerprint density at radius 2 is 1.67 bits per heavy atom. The topological polar surface area (TPSA) is 43.1 Å². The molecule has 0 amide bonds. The van der Waals surface area contributed by atoms with E-state index in [0.717, 1.165) is 29.3 Å². The van der Waals surface area contributed by atoms with E-state index in [2.05, 4.69) is 18.8 Å². The molecular weight excluding hydrogens is 355 g/mol. The van der Waals surface area contributed by atoms with Gasteiger partial charge in [0.1, 0.15) is 0 Å². The largest absolute Gasteiger partial charge is 0.416 e. The fourth-order valence-corrected chi connectivity index (χ4v) is 2.98. The highest BCUT2D eigenvalue weighted by atomic mass is 19.4. The van der Waals surface area contributed by atoms with Crippen molar-refractivity contribution in [1.29, 1.82) is 0 Å². The molecule has 0 aliphatic rings. The SMILES string of the molecule is CC(C)c1ccc(-c2nc3cc(C(F)(F)F)ccc3c(=O)o2)c(C(C)C)c1. The van der Waals surface area contributed by atoms with Crippen LogP contribution in [0.25, 0.3) is 22.4 Å². The highest BCUT2D eigenvalue weighted by molar-refractivity contribution is 5.80. The van der Waals surface area contributed by atoms with Crippen LogP contribution in [-0.2, 0) is 6.18 Å². The Morgan fingerprint density at radius 1 is 0.963 bits per heavy atom. The third kappa shape index (κ3) is 3.75. The van der Waals surface area contributed by atoms with Crippen molar-refractivity contribution < 1.29 is 17.6 Å². The summed E-state index contributed by atoms with van der Waals surface area (Å²) in [5.41, 5.74) is 1.10. The molecule has 0 aliphatic carbocycles. The van der Waals surface area contributed by atoms with Crippen LogP contribution in [-0.4, -0.2) is 4.98 Å². The molecule has 0 saturated carbocycles. The van der Waals surface area contributed by atoms with Gasteiger partial charge in [0.25, 0.3) is 0 Å². The first kappa shape index (κ1) is 19.1. The highest BCUT2D eigenvalue weighted by Crippen LogP contribution is 2.33. The molecule has 1 aromatic heterocycles. The number of benzene rings is 2. The first-order chi connectivity index (χ1) is 12.6. The van der Waals surface area contributed by atoms with Gasteiger partial charge in [-0.05, 0) is 47.2 Å². The summed E-state index contributed by atoms with van der Waals surface area (Å²) in [7, 11) is 0. The summed E-state index contributed by atoms with van der Waals surface area (Å²) in [6.45, 7) is 8.16. The molecule has 0 radical (unpaired) electrons. The zero-order valence-corrected chi connectivity index (χ0v) is 15.5. The van der Waals surface area contributed by atoms with Gasteiger partial charge >= 0.3 is 11.8 Å². The van der Waals surface area contributed by atoms with Crippen molar-refractivity contribution in [2.24, 2.45) is 0 Å². The molecule has 0 spiro atoms. The zero-order valence-electron chi connectivity index (χ0n) is 15.5. The first-order valence-corrected chi connectivity index (χ1v) is 8.74. The Kier molecular flexibility index (Phi) is 4.84. The molecule has 6 heteroatoms. The van der Waals surface area contributed by atoms with Crippen LogP contribution in [0.5, 0.6) is 0 Å². The molecule has 142 valence electrons. The van der Waals surface area contributed by atoms with E-state index >= 15 is 0 Å². The quantitative estimate of drug-likeness (QED) is 0.554. The molecule has 2 aromatic carbocycles. The fraction of sp³-hybridized carbons (Fsp3) is 0.333. The second kappa shape index (κ2) is 6.83. The minimum absolute atomic E-state index is 0.0247. The van der Waals surface area contributed by atoms with Gasteiger partial charge in [-0.2, -0.15) is 13.2 Å². The van der Waals surface area contributed by atoms with Crippen molar-refractivity contribution in [1.82, 2.24) is 4.98 Å². The number of aromatic nitrogens is 1. The number of rotatable bonds is 3. The Hall–Kier alpha value is -2.63. The lowest BCUT2D eigenvalue weighted by atomic mass is 9.91. The van der Waals surface area contributed by atoms with Crippen LogP contribution >= 0.6 is 0 Å². The van der Waals surface area contributed by atoms with Crippen LogP contribution in [0.4, 0.5) is 13.2 Å². The van der Waals surface area contributed by atoms with Crippen molar-refractivity contribution in [3.05, 3.63) is 63.5 Å². The average molecular weight is 375 g/mol. The number of halogens is 3. The molecule has 0 aliphatic heterocycles. The average Bonchev–Trinajstić information content (AvgIpc) is 2.59. The Balaban J connectivity index is 2.24. The summed E-state index contributed by atoms with van der Waals surface area (Å²) in [6.07, 6.45) is -4.51. The van der Waals surface area contributed by atoms with Gasteiger partial charge in [-0.1, -0.05) is 39.8 Å². The molecule has 3 rings (SSSR count). The maximum Gasteiger partial charge on any atom is 0.416 e. The lowest BCUT2D eigenvalue weighted by Gasteiger charge is -2.15. The van der Waals surface area contributed by atoms with Crippen molar-refractivity contribution in [3.8, 4) is 11.5 Å². The van der Waals surface area contributed by atoms with Crippen molar-refractivity contribution in [3.63, 3.8) is 0 Å². The maximum atomic E-state index is 13.0. The fourth-order valence-electron chi connectivity index (χ4n) is 2.98. The van der Waals surface area contributed by atoms with E-state index in [1.165, 1.54) is 0 Å². The van der Waals surface area contributed by atoms with E-state index in [-0.39, 0.29) is 22.7 Å². The van der Waals surface area contributed by atoms with Crippen LogP contribution in [0.2, 0.25) is 0 Å². The smallest absolute Gasteiger partial charge is 0.403 e. The van der Waals surface area contributed by atoms with Gasteiger partial charge < -0.3 is 4.42 Å². The number of hydrogen-bond donors (Lipinski definition) is 0. The van der Waals surface area contributed by atoms with Crippen LogP contribution in [0, 0.1) is 0 Å². The summed E-state index contributed by atoms with van der Waals surface area (Å²) in [5.74, 6) is 0.483. The molecule has 27 heavy (non-hydrogen) atoms. The normalized spacial score (nSPS) is 12.3. The van der Waals surface area contributed by atoms with Gasteiger partial charge in [0.2, 0.25) is 5.89 Å². The molecule has 3 aromatic rings. The van der Waals surface area contributed by atoms with E-state index in [1.807, 2.05) is 32.0 Å². The number of nitrogens with zero attached hydrogens (tertiary/aromatic N) is 1. The van der Waals surface area contributed by atoms with Gasteiger partial charge in [0.15, 0.2) is 0 Å². The van der Waals surface area contributed by atoms with Crippen LogP contribution in [0.3, 0.4) is 0 Å². The van der Waals surface area contributed by atoms with Gasteiger partial charge in [-0.3, -0.25) is 0 Å². The van der Waals surface area contributed by atoms with Crippen LogP contribution in [0.1, 0.15) is 56.2 Å². The number of hydrogen-bond acceptors (Lipinski definition) is 3. The molecule has 0 bridgehead atoms. The lowest BCUT2D eigenvalue weighted by molar-refractivity contribution is -0.137.